The summed E-state index contributed by atoms with van der Waals surface area (Å²) in [5.41, 5.74) is 6.00. The summed E-state index contributed by atoms with van der Waals surface area (Å²) < 4.78 is 9.01. The number of hydrogen-bond acceptors (Lipinski definition) is 8. The Balaban J connectivity index is 1.71. The topological polar surface area (TPSA) is 127 Å². The van der Waals surface area contributed by atoms with Crippen LogP contribution >= 0.6 is 11.8 Å². The first-order valence-electron chi connectivity index (χ1n) is 10.2. The number of carbonyl (C=O) groups is 1. The Morgan fingerprint density at radius 3 is 2.32 bits per heavy atom. The van der Waals surface area contributed by atoms with E-state index in [0.29, 0.717) is 16.7 Å². The number of carbonyl (C=O) groups excluding carboxylic acids is 1. The van der Waals surface area contributed by atoms with Crippen molar-refractivity contribution in [2.24, 2.45) is 14.1 Å². The van der Waals surface area contributed by atoms with E-state index in [2.05, 4.69) is 10.2 Å². The molecule has 0 aliphatic carbocycles. The first-order chi connectivity index (χ1) is 16.3. The van der Waals surface area contributed by atoms with Gasteiger partial charge >= 0.3 is 5.69 Å². The van der Waals surface area contributed by atoms with Crippen molar-refractivity contribution < 1.29 is 9.53 Å². The third kappa shape index (κ3) is 4.13. The molecular formula is C23H22N6O4S. The molecule has 4 aromatic rings. The summed E-state index contributed by atoms with van der Waals surface area (Å²) in [6, 6.07) is 16.9. The van der Waals surface area contributed by atoms with Crippen LogP contribution in [-0.2, 0) is 14.1 Å². The fraction of sp³-hybridized carbons (Fsp3) is 0.174. The monoisotopic (exact) mass is 478 g/mol. The maximum Gasteiger partial charge on any atom is 0.332 e. The van der Waals surface area contributed by atoms with Gasteiger partial charge in [-0.25, -0.2) is 4.79 Å². The van der Waals surface area contributed by atoms with Crippen LogP contribution in [0.3, 0.4) is 0 Å². The Morgan fingerprint density at radius 1 is 1.00 bits per heavy atom. The van der Waals surface area contributed by atoms with Crippen LogP contribution in [0.1, 0.15) is 10.4 Å². The Hall–Kier alpha value is -4.12. The summed E-state index contributed by atoms with van der Waals surface area (Å²) in [6.07, 6.45) is 0. The average Bonchev–Trinajstić information content (AvgIpc) is 3.29. The summed E-state index contributed by atoms with van der Waals surface area (Å²) in [4.78, 5) is 37.6. The number of Topliss-reactive ketones (excluding diaryl/α,β-unsaturated/α-hetero) is 1. The molecule has 34 heavy (non-hydrogen) atoms. The van der Waals surface area contributed by atoms with Gasteiger partial charge in [0.2, 0.25) is 0 Å². The van der Waals surface area contributed by atoms with Crippen molar-refractivity contribution in [2.45, 2.75) is 5.16 Å². The Morgan fingerprint density at radius 2 is 1.68 bits per heavy atom. The predicted molar refractivity (Wildman–Crippen MR) is 130 cm³/mol. The lowest BCUT2D eigenvalue weighted by Crippen LogP contribution is -2.41. The Kier molecular flexibility index (Phi) is 6.37. The first-order valence-corrected chi connectivity index (χ1v) is 11.2. The molecule has 2 heterocycles. The van der Waals surface area contributed by atoms with Crippen LogP contribution in [0.2, 0.25) is 0 Å². The number of aromatic nitrogens is 5. The number of rotatable bonds is 7. The number of nitrogens with zero attached hydrogens (tertiary/aromatic N) is 5. The molecule has 0 atom stereocenters. The number of methoxy groups -OCH3 is 1. The van der Waals surface area contributed by atoms with E-state index >= 15 is 0 Å². The van der Waals surface area contributed by atoms with E-state index in [1.165, 1.54) is 14.1 Å². The molecule has 2 aromatic heterocycles. The first kappa shape index (κ1) is 23.1. The van der Waals surface area contributed by atoms with Gasteiger partial charge in [-0.05, 0) is 36.4 Å². The smallest absolute Gasteiger partial charge is 0.332 e. The Bertz CT molecular complexity index is 1470. The average molecular weight is 479 g/mol. The van der Waals surface area contributed by atoms with Gasteiger partial charge in [-0.3, -0.25) is 23.3 Å². The van der Waals surface area contributed by atoms with Crippen molar-refractivity contribution >= 4 is 23.4 Å². The predicted octanol–water partition coefficient (Wildman–Crippen LogP) is 1.90. The van der Waals surface area contributed by atoms with Crippen molar-refractivity contribution in [3.8, 4) is 22.8 Å². The van der Waals surface area contributed by atoms with Crippen LogP contribution in [0.15, 0.2) is 69.3 Å². The molecule has 0 fully saturated rings. The third-order valence-electron chi connectivity index (χ3n) is 5.32. The van der Waals surface area contributed by atoms with E-state index in [-0.39, 0.29) is 17.1 Å². The van der Waals surface area contributed by atoms with E-state index in [4.69, 9.17) is 10.5 Å². The van der Waals surface area contributed by atoms with Gasteiger partial charge in [-0.1, -0.05) is 30.0 Å². The number of thioether (sulfide) groups is 1. The number of anilines is 1. The highest BCUT2D eigenvalue weighted by Crippen LogP contribution is 2.29. The van der Waals surface area contributed by atoms with Crippen LogP contribution in [0.5, 0.6) is 5.75 Å². The molecule has 0 bridgehead atoms. The number of para-hydroxylation sites is 1. The van der Waals surface area contributed by atoms with E-state index in [9.17, 15) is 14.4 Å². The van der Waals surface area contributed by atoms with Gasteiger partial charge in [0.1, 0.15) is 17.1 Å². The highest BCUT2D eigenvalue weighted by molar-refractivity contribution is 7.99. The maximum absolute atomic E-state index is 13.0. The molecular weight excluding hydrogens is 456 g/mol. The molecule has 2 N–H and O–H groups in total. The largest absolute Gasteiger partial charge is 0.497 e. The standard InChI is InChI=1S/C23H22N6O4S/c1-27-19(24)18(21(31)28(2)23(27)32)17(30)13-34-22-26-25-20(14-9-11-16(33-3)12-10-14)29(22)15-7-5-4-6-8-15/h4-12H,13,24H2,1-3H3. The quantitative estimate of drug-likeness (QED) is 0.315. The van der Waals surface area contributed by atoms with Gasteiger partial charge in [0.25, 0.3) is 5.56 Å². The molecule has 0 aliphatic heterocycles. The molecule has 2 aromatic carbocycles. The zero-order valence-corrected chi connectivity index (χ0v) is 19.6. The zero-order valence-electron chi connectivity index (χ0n) is 18.8. The van der Waals surface area contributed by atoms with Crippen LogP contribution < -0.4 is 21.7 Å². The lowest BCUT2D eigenvalue weighted by atomic mass is 10.2. The van der Waals surface area contributed by atoms with Gasteiger partial charge in [0.15, 0.2) is 16.8 Å². The molecule has 10 nitrogen and oxygen atoms in total. The van der Waals surface area contributed by atoms with E-state index in [1.54, 1.807) is 7.11 Å². The maximum atomic E-state index is 13.0. The molecule has 0 unspecified atom stereocenters. The lowest BCUT2D eigenvalue weighted by Gasteiger charge is -2.12. The van der Waals surface area contributed by atoms with Gasteiger partial charge < -0.3 is 10.5 Å². The normalized spacial score (nSPS) is 10.9. The van der Waals surface area contributed by atoms with Crippen molar-refractivity contribution in [3.05, 3.63) is 81.0 Å². The van der Waals surface area contributed by atoms with Crippen molar-refractivity contribution in [3.63, 3.8) is 0 Å². The number of ether oxygens (including phenoxy) is 1. The zero-order chi connectivity index (χ0) is 24.4. The fourth-order valence-corrected chi connectivity index (χ4v) is 4.25. The van der Waals surface area contributed by atoms with Crippen LogP contribution in [0, 0.1) is 0 Å². The summed E-state index contributed by atoms with van der Waals surface area (Å²) in [6.45, 7) is 0. The van der Waals surface area contributed by atoms with Crippen molar-refractivity contribution in [2.75, 3.05) is 18.6 Å². The Labute approximate surface area is 198 Å². The minimum Gasteiger partial charge on any atom is -0.497 e. The van der Waals surface area contributed by atoms with Crippen LogP contribution in [-0.4, -0.2) is 42.5 Å². The summed E-state index contributed by atoms with van der Waals surface area (Å²) in [5.74, 6) is 0.507. The SMILES string of the molecule is COc1ccc(-c2nnc(SCC(=O)c3c(N)n(C)c(=O)n(C)c3=O)n2-c2ccccc2)cc1. The highest BCUT2D eigenvalue weighted by atomic mass is 32.2. The molecule has 0 saturated carbocycles. The van der Waals surface area contributed by atoms with Crippen LogP contribution in [0.25, 0.3) is 17.1 Å². The minimum atomic E-state index is -0.727. The van der Waals surface area contributed by atoms with Gasteiger partial charge in [-0.15, -0.1) is 10.2 Å². The van der Waals surface area contributed by atoms with Gasteiger partial charge in [0, 0.05) is 25.3 Å². The molecule has 0 saturated heterocycles. The fourth-order valence-electron chi connectivity index (χ4n) is 3.42. The number of nitrogens with two attached hydrogens (primary N) is 1. The molecule has 0 amide bonds. The van der Waals surface area contributed by atoms with E-state index in [1.807, 2.05) is 59.2 Å². The second-order valence-corrected chi connectivity index (χ2v) is 8.33. The van der Waals surface area contributed by atoms with E-state index < -0.39 is 17.0 Å². The molecule has 0 spiro atoms. The second-order valence-electron chi connectivity index (χ2n) is 7.38. The summed E-state index contributed by atoms with van der Waals surface area (Å²) in [5, 5.41) is 9.11. The highest BCUT2D eigenvalue weighted by Gasteiger charge is 2.22. The summed E-state index contributed by atoms with van der Waals surface area (Å²) in [7, 11) is 4.31. The molecule has 174 valence electrons. The lowest BCUT2D eigenvalue weighted by molar-refractivity contribution is 0.102. The number of hydrogen-bond donors (Lipinski definition) is 1. The van der Waals surface area contributed by atoms with Gasteiger partial charge in [-0.2, -0.15) is 0 Å². The number of nitrogen functional groups attached to an aromatic ring is 1. The number of ketones is 1. The van der Waals surface area contributed by atoms with Crippen molar-refractivity contribution in [1.82, 2.24) is 23.9 Å². The third-order valence-corrected chi connectivity index (χ3v) is 6.25. The second kappa shape index (κ2) is 9.40. The van der Waals surface area contributed by atoms with Gasteiger partial charge in [0.05, 0.1) is 12.9 Å². The van der Waals surface area contributed by atoms with Crippen molar-refractivity contribution in [1.29, 1.82) is 0 Å². The van der Waals surface area contributed by atoms with Crippen LogP contribution in [0.4, 0.5) is 5.82 Å². The summed E-state index contributed by atoms with van der Waals surface area (Å²) >= 11 is 1.13. The molecule has 11 heteroatoms. The number of benzene rings is 2. The van der Waals surface area contributed by atoms with E-state index in [0.717, 1.165) is 32.1 Å². The minimum absolute atomic E-state index is 0.120. The molecule has 0 aliphatic rings. The molecule has 4 rings (SSSR count). The molecule has 0 radical (unpaired) electrons.